The van der Waals surface area contributed by atoms with Crippen molar-refractivity contribution >= 4 is 17.4 Å². The topological polar surface area (TPSA) is 76.5 Å². The number of carbonyl (C=O) groups excluding carboxylic acids is 1. The number of ketones is 1. The summed E-state index contributed by atoms with van der Waals surface area (Å²) in [4.78, 5) is 11.6. The Bertz CT molecular complexity index is 966. The SMILES string of the molecule is CC(=O)c1ccnn1[C@@H](C)Cn1ccc(-c2ccc(C#N)c(Cl)c2)n1. The highest BCUT2D eigenvalue weighted by Gasteiger charge is 2.14. The van der Waals surface area contributed by atoms with Crippen LogP contribution in [0.25, 0.3) is 11.3 Å². The van der Waals surface area contributed by atoms with Crippen LogP contribution >= 0.6 is 11.6 Å². The van der Waals surface area contributed by atoms with Crippen LogP contribution in [0.5, 0.6) is 0 Å². The average molecular weight is 354 g/mol. The molecule has 0 amide bonds. The molecule has 0 spiro atoms. The maximum absolute atomic E-state index is 11.6. The van der Waals surface area contributed by atoms with Crippen molar-refractivity contribution < 1.29 is 4.79 Å². The number of rotatable bonds is 5. The molecule has 1 aromatic carbocycles. The predicted molar refractivity (Wildman–Crippen MR) is 94.3 cm³/mol. The molecule has 6 nitrogen and oxygen atoms in total. The van der Waals surface area contributed by atoms with Gasteiger partial charge in [-0.1, -0.05) is 17.7 Å². The second-order valence-electron chi connectivity index (χ2n) is 5.80. The van der Waals surface area contributed by atoms with E-state index in [1.54, 1.807) is 33.8 Å². The van der Waals surface area contributed by atoms with Crippen LogP contribution in [0.1, 0.15) is 35.9 Å². The van der Waals surface area contributed by atoms with Crippen molar-refractivity contribution in [3.8, 4) is 17.3 Å². The van der Waals surface area contributed by atoms with Crippen LogP contribution in [0, 0.1) is 11.3 Å². The molecule has 0 aliphatic carbocycles. The van der Waals surface area contributed by atoms with E-state index in [0.717, 1.165) is 11.3 Å². The number of nitriles is 1. The molecule has 3 rings (SSSR count). The number of carbonyl (C=O) groups is 1. The van der Waals surface area contributed by atoms with Gasteiger partial charge < -0.3 is 0 Å². The van der Waals surface area contributed by atoms with E-state index in [4.69, 9.17) is 16.9 Å². The highest BCUT2D eigenvalue weighted by Crippen LogP contribution is 2.24. The maximum atomic E-state index is 11.6. The molecule has 3 aromatic rings. The number of hydrogen-bond donors (Lipinski definition) is 0. The highest BCUT2D eigenvalue weighted by molar-refractivity contribution is 6.32. The highest BCUT2D eigenvalue weighted by atomic mass is 35.5. The van der Waals surface area contributed by atoms with E-state index in [1.165, 1.54) is 6.92 Å². The third kappa shape index (κ3) is 3.47. The number of halogens is 1. The largest absolute Gasteiger partial charge is 0.293 e. The lowest BCUT2D eigenvalue weighted by molar-refractivity contribution is 0.1000. The molecule has 0 N–H and O–H groups in total. The second kappa shape index (κ2) is 6.91. The molecule has 0 aliphatic heterocycles. The van der Waals surface area contributed by atoms with Crippen molar-refractivity contribution in [2.75, 3.05) is 0 Å². The third-order valence-corrected chi connectivity index (χ3v) is 4.24. The zero-order chi connectivity index (χ0) is 18.0. The summed E-state index contributed by atoms with van der Waals surface area (Å²) < 4.78 is 3.51. The molecule has 0 radical (unpaired) electrons. The van der Waals surface area contributed by atoms with Crippen LogP contribution in [0.2, 0.25) is 5.02 Å². The maximum Gasteiger partial charge on any atom is 0.177 e. The van der Waals surface area contributed by atoms with Crippen molar-refractivity contribution in [2.45, 2.75) is 26.4 Å². The molecule has 1 atom stereocenters. The number of hydrogen-bond acceptors (Lipinski definition) is 4. The Kier molecular flexibility index (Phi) is 4.68. The summed E-state index contributed by atoms with van der Waals surface area (Å²) in [6, 6.07) is 10.9. The summed E-state index contributed by atoms with van der Waals surface area (Å²) >= 11 is 6.08. The van der Waals surface area contributed by atoms with Gasteiger partial charge in [-0.2, -0.15) is 15.5 Å². The summed E-state index contributed by atoms with van der Waals surface area (Å²) in [5.41, 5.74) is 2.64. The Morgan fingerprint density at radius 1 is 1.36 bits per heavy atom. The van der Waals surface area contributed by atoms with Crippen LogP contribution in [-0.4, -0.2) is 25.3 Å². The van der Waals surface area contributed by atoms with Crippen LogP contribution in [-0.2, 0) is 6.54 Å². The Morgan fingerprint density at radius 2 is 2.16 bits per heavy atom. The molecule has 0 saturated carbocycles. The number of benzene rings is 1. The van der Waals surface area contributed by atoms with Crippen molar-refractivity contribution in [3.05, 3.63) is 59.0 Å². The molecule has 25 heavy (non-hydrogen) atoms. The van der Waals surface area contributed by atoms with Crippen LogP contribution < -0.4 is 0 Å². The normalized spacial score (nSPS) is 11.9. The fourth-order valence-corrected chi connectivity index (χ4v) is 2.90. The van der Waals surface area contributed by atoms with Gasteiger partial charge in [0.25, 0.3) is 0 Å². The van der Waals surface area contributed by atoms with Crippen molar-refractivity contribution in [1.82, 2.24) is 19.6 Å². The number of nitrogens with zero attached hydrogens (tertiary/aromatic N) is 5. The van der Waals surface area contributed by atoms with Crippen LogP contribution in [0.4, 0.5) is 0 Å². The minimum atomic E-state index is -0.0220. The van der Waals surface area contributed by atoms with Crippen LogP contribution in [0.3, 0.4) is 0 Å². The first-order chi connectivity index (χ1) is 12.0. The number of Topliss-reactive ketones (excluding diaryl/α,β-unsaturated/α-hetero) is 1. The fraction of sp³-hybridized carbons (Fsp3) is 0.222. The molecular formula is C18H16ClN5O. The number of aromatic nitrogens is 4. The molecule has 2 aromatic heterocycles. The summed E-state index contributed by atoms with van der Waals surface area (Å²) in [5, 5.41) is 18.1. The first-order valence-electron chi connectivity index (χ1n) is 7.77. The zero-order valence-electron chi connectivity index (χ0n) is 13.8. The predicted octanol–water partition coefficient (Wildman–Crippen LogP) is 3.74. The van der Waals surface area contributed by atoms with Gasteiger partial charge >= 0.3 is 0 Å². The van der Waals surface area contributed by atoms with E-state index in [0.29, 0.717) is 22.8 Å². The van der Waals surface area contributed by atoms with Crippen molar-refractivity contribution in [1.29, 1.82) is 5.26 Å². The monoisotopic (exact) mass is 353 g/mol. The van der Waals surface area contributed by atoms with Gasteiger partial charge in [-0.05, 0) is 31.2 Å². The molecule has 2 heterocycles. The van der Waals surface area contributed by atoms with E-state index in [2.05, 4.69) is 10.2 Å². The molecule has 0 saturated heterocycles. The van der Waals surface area contributed by atoms with E-state index in [9.17, 15) is 4.79 Å². The molecule has 0 unspecified atom stereocenters. The standard InChI is InChI=1S/C18H16ClN5O/c1-12(24-18(13(2)25)5-7-21-24)11-23-8-6-17(22-23)14-3-4-15(10-20)16(19)9-14/h3-9,12H,11H2,1-2H3/t12-/m0/s1. The quantitative estimate of drug-likeness (QED) is 0.655. The molecule has 0 bridgehead atoms. The molecular weight excluding hydrogens is 338 g/mol. The Hall–Kier alpha value is -2.91. The van der Waals surface area contributed by atoms with Gasteiger partial charge in [0.1, 0.15) is 11.8 Å². The van der Waals surface area contributed by atoms with Gasteiger partial charge in [0.05, 0.1) is 28.9 Å². The second-order valence-corrected chi connectivity index (χ2v) is 6.20. The van der Waals surface area contributed by atoms with Crippen LogP contribution in [0.15, 0.2) is 42.7 Å². The minimum Gasteiger partial charge on any atom is -0.293 e. The lowest BCUT2D eigenvalue weighted by Crippen LogP contribution is -2.18. The molecule has 7 heteroatoms. The Balaban J connectivity index is 1.80. The molecule has 0 aliphatic rings. The summed E-state index contributed by atoms with van der Waals surface area (Å²) in [6.45, 7) is 4.09. The first kappa shape index (κ1) is 16.9. The smallest absolute Gasteiger partial charge is 0.177 e. The summed E-state index contributed by atoms with van der Waals surface area (Å²) in [6.07, 6.45) is 3.50. The first-order valence-corrected chi connectivity index (χ1v) is 8.15. The van der Waals surface area contributed by atoms with E-state index < -0.39 is 0 Å². The fourth-order valence-electron chi connectivity index (χ4n) is 2.67. The molecule has 126 valence electrons. The van der Waals surface area contributed by atoms with Gasteiger partial charge in [-0.15, -0.1) is 0 Å². The van der Waals surface area contributed by atoms with E-state index >= 15 is 0 Å². The van der Waals surface area contributed by atoms with E-state index in [-0.39, 0.29) is 11.8 Å². The Labute approximate surface area is 150 Å². The minimum absolute atomic E-state index is 0.0160. The van der Waals surface area contributed by atoms with Gasteiger partial charge in [0, 0.05) is 24.9 Å². The van der Waals surface area contributed by atoms with Gasteiger partial charge in [-0.25, -0.2) is 0 Å². The van der Waals surface area contributed by atoms with Gasteiger partial charge in [0.2, 0.25) is 0 Å². The van der Waals surface area contributed by atoms with Gasteiger partial charge in [-0.3, -0.25) is 14.2 Å². The summed E-state index contributed by atoms with van der Waals surface area (Å²) in [5.74, 6) is -0.0160. The third-order valence-electron chi connectivity index (χ3n) is 3.93. The lowest BCUT2D eigenvalue weighted by Gasteiger charge is -2.14. The zero-order valence-corrected chi connectivity index (χ0v) is 14.6. The van der Waals surface area contributed by atoms with Gasteiger partial charge in [0.15, 0.2) is 5.78 Å². The lowest BCUT2D eigenvalue weighted by atomic mass is 10.1. The van der Waals surface area contributed by atoms with E-state index in [1.807, 2.05) is 31.3 Å². The summed E-state index contributed by atoms with van der Waals surface area (Å²) in [7, 11) is 0. The average Bonchev–Trinajstić information content (AvgIpc) is 3.24. The molecule has 0 fully saturated rings. The van der Waals surface area contributed by atoms with Crippen molar-refractivity contribution in [3.63, 3.8) is 0 Å². The van der Waals surface area contributed by atoms with Crippen molar-refractivity contribution in [2.24, 2.45) is 0 Å². The Morgan fingerprint density at radius 3 is 2.84 bits per heavy atom.